The van der Waals surface area contributed by atoms with Crippen LogP contribution in [-0.4, -0.2) is 10.3 Å². The van der Waals surface area contributed by atoms with Crippen molar-refractivity contribution in [3.05, 3.63) is 53.4 Å². The molecule has 0 aliphatic carbocycles. The molecule has 0 amide bonds. The summed E-state index contributed by atoms with van der Waals surface area (Å²) in [4.78, 5) is 0. The van der Waals surface area contributed by atoms with Crippen molar-refractivity contribution in [3.63, 3.8) is 0 Å². The summed E-state index contributed by atoms with van der Waals surface area (Å²) in [5.41, 5.74) is 2.17. The van der Waals surface area contributed by atoms with E-state index < -0.39 is 0 Å². The smallest absolute Gasteiger partial charge is 0.162 e. The van der Waals surface area contributed by atoms with Crippen LogP contribution in [0.4, 0.5) is 0 Å². The summed E-state index contributed by atoms with van der Waals surface area (Å²) >= 11 is 0. The van der Waals surface area contributed by atoms with E-state index >= 15 is 0 Å². The van der Waals surface area contributed by atoms with Crippen LogP contribution in [-0.2, 0) is 19.4 Å². The van der Waals surface area contributed by atoms with Crippen LogP contribution >= 0.6 is 0 Å². The van der Waals surface area contributed by atoms with Gasteiger partial charge in [-0.2, -0.15) is 0 Å². The zero-order chi connectivity index (χ0) is 10.5. The molecule has 0 spiro atoms. The standard InChI is InChI=1S/C12H13NO2/c14-9-12-8-11(13-15-12)7-6-10-4-2-1-3-5-10/h1-5,8,14H,6-7,9H2. The second kappa shape index (κ2) is 4.75. The van der Waals surface area contributed by atoms with Gasteiger partial charge in [-0.1, -0.05) is 35.5 Å². The molecule has 0 aliphatic rings. The summed E-state index contributed by atoms with van der Waals surface area (Å²) in [6.45, 7) is -0.0850. The highest BCUT2D eigenvalue weighted by Crippen LogP contribution is 2.08. The van der Waals surface area contributed by atoms with Gasteiger partial charge >= 0.3 is 0 Å². The lowest BCUT2D eigenvalue weighted by atomic mass is 10.1. The molecule has 1 aromatic carbocycles. The molecule has 1 aromatic heterocycles. The van der Waals surface area contributed by atoms with Crippen LogP contribution in [0, 0.1) is 0 Å². The fourth-order valence-corrected chi connectivity index (χ4v) is 1.47. The van der Waals surface area contributed by atoms with Crippen molar-refractivity contribution in [2.24, 2.45) is 0 Å². The van der Waals surface area contributed by atoms with Crippen LogP contribution in [0.2, 0.25) is 0 Å². The molecule has 3 nitrogen and oxygen atoms in total. The molecule has 3 heteroatoms. The lowest BCUT2D eigenvalue weighted by Gasteiger charge is -1.96. The number of aliphatic hydroxyl groups is 1. The van der Waals surface area contributed by atoms with E-state index in [1.54, 1.807) is 6.07 Å². The van der Waals surface area contributed by atoms with Crippen molar-refractivity contribution in [2.75, 3.05) is 0 Å². The number of hydrogen-bond donors (Lipinski definition) is 1. The van der Waals surface area contributed by atoms with E-state index in [0.29, 0.717) is 5.76 Å². The van der Waals surface area contributed by atoms with Gasteiger partial charge < -0.3 is 9.63 Å². The van der Waals surface area contributed by atoms with E-state index in [0.717, 1.165) is 18.5 Å². The lowest BCUT2D eigenvalue weighted by molar-refractivity contribution is 0.228. The van der Waals surface area contributed by atoms with Gasteiger partial charge in [-0.25, -0.2) is 0 Å². The highest BCUT2D eigenvalue weighted by atomic mass is 16.5. The van der Waals surface area contributed by atoms with Gasteiger partial charge in [0.15, 0.2) is 5.76 Å². The molecular formula is C12H13NO2. The molecular weight excluding hydrogens is 190 g/mol. The van der Waals surface area contributed by atoms with Crippen LogP contribution in [0.25, 0.3) is 0 Å². The summed E-state index contributed by atoms with van der Waals surface area (Å²) in [6, 6.07) is 12.0. The fourth-order valence-electron chi connectivity index (χ4n) is 1.47. The Morgan fingerprint density at radius 2 is 1.93 bits per heavy atom. The average molecular weight is 203 g/mol. The van der Waals surface area contributed by atoms with Gasteiger partial charge in [-0.15, -0.1) is 0 Å². The number of nitrogens with zero attached hydrogens (tertiary/aromatic N) is 1. The molecule has 0 bridgehead atoms. The zero-order valence-corrected chi connectivity index (χ0v) is 8.39. The maximum Gasteiger partial charge on any atom is 0.162 e. The zero-order valence-electron chi connectivity index (χ0n) is 8.39. The largest absolute Gasteiger partial charge is 0.388 e. The third-order valence-electron chi connectivity index (χ3n) is 2.28. The van der Waals surface area contributed by atoms with Gasteiger partial charge in [0.25, 0.3) is 0 Å². The van der Waals surface area contributed by atoms with Gasteiger partial charge in [-0.3, -0.25) is 0 Å². The van der Waals surface area contributed by atoms with Gasteiger partial charge in [0.05, 0.1) is 5.69 Å². The molecule has 0 saturated carbocycles. The van der Waals surface area contributed by atoms with E-state index in [4.69, 9.17) is 9.63 Å². The third-order valence-corrected chi connectivity index (χ3v) is 2.28. The number of aryl methyl sites for hydroxylation is 2. The summed E-state index contributed by atoms with van der Waals surface area (Å²) in [5, 5.41) is 12.7. The highest BCUT2D eigenvalue weighted by Gasteiger charge is 2.02. The Bertz CT molecular complexity index is 409. The van der Waals surface area contributed by atoms with Crippen LogP contribution < -0.4 is 0 Å². The molecule has 15 heavy (non-hydrogen) atoms. The summed E-state index contributed by atoms with van der Waals surface area (Å²) in [7, 11) is 0. The van der Waals surface area contributed by atoms with Crippen molar-refractivity contribution < 1.29 is 9.63 Å². The minimum atomic E-state index is -0.0850. The molecule has 78 valence electrons. The Morgan fingerprint density at radius 1 is 1.13 bits per heavy atom. The molecule has 1 heterocycles. The van der Waals surface area contributed by atoms with Crippen LogP contribution in [0.5, 0.6) is 0 Å². The van der Waals surface area contributed by atoms with Crippen molar-refractivity contribution in [2.45, 2.75) is 19.4 Å². The molecule has 0 radical (unpaired) electrons. The van der Waals surface area contributed by atoms with Crippen LogP contribution in [0.1, 0.15) is 17.0 Å². The first-order valence-electron chi connectivity index (χ1n) is 4.98. The molecule has 0 aliphatic heterocycles. The summed E-state index contributed by atoms with van der Waals surface area (Å²) in [6.07, 6.45) is 1.78. The van der Waals surface area contributed by atoms with E-state index in [9.17, 15) is 0 Å². The van der Waals surface area contributed by atoms with Crippen molar-refractivity contribution >= 4 is 0 Å². The fraction of sp³-hybridized carbons (Fsp3) is 0.250. The first-order valence-corrected chi connectivity index (χ1v) is 4.98. The topological polar surface area (TPSA) is 46.3 Å². The predicted molar refractivity (Wildman–Crippen MR) is 56.3 cm³/mol. The Hall–Kier alpha value is -1.61. The van der Waals surface area contributed by atoms with Gasteiger partial charge in [0.2, 0.25) is 0 Å². The van der Waals surface area contributed by atoms with E-state index in [1.807, 2.05) is 18.2 Å². The van der Waals surface area contributed by atoms with E-state index in [2.05, 4.69) is 17.3 Å². The molecule has 0 unspecified atom stereocenters. The number of aliphatic hydroxyl groups excluding tert-OH is 1. The highest BCUT2D eigenvalue weighted by molar-refractivity contribution is 5.16. The minimum absolute atomic E-state index is 0.0850. The Labute approximate surface area is 88.3 Å². The van der Waals surface area contributed by atoms with Crippen molar-refractivity contribution in [3.8, 4) is 0 Å². The van der Waals surface area contributed by atoms with Gasteiger partial charge in [0.1, 0.15) is 6.61 Å². The molecule has 0 atom stereocenters. The predicted octanol–water partition coefficient (Wildman–Crippen LogP) is 1.95. The maximum atomic E-state index is 8.80. The lowest BCUT2D eigenvalue weighted by Crippen LogP contribution is -1.90. The number of rotatable bonds is 4. The van der Waals surface area contributed by atoms with Crippen LogP contribution in [0.3, 0.4) is 0 Å². The Morgan fingerprint density at radius 3 is 2.60 bits per heavy atom. The Kier molecular flexibility index (Phi) is 3.15. The van der Waals surface area contributed by atoms with Crippen molar-refractivity contribution in [1.82, 2.24) is 5.16 Å². The van der Waals surface area contributed by atoms with Crippen molar-refractivity contribution in [1.29, 1.82) is 0 Å². The average Bonchev–Trinajstić information content (AvgIpc) is 2.76. The third kappa shape index (κ3) is 2.67. The SMILES string of the molecule is OCc1cc(CCc2ccccc2)no1. The normalized spacial score (nSPS) is 10.5. The number of benzene rings is 1. The van der Waals surface area contributed by atoms with Gasteiger partial charge in [0, 0.05) is 6.07 Å². The molecule has 0 fully saturated rings. The number of aromatic nitrogens is 1. The summed E-state index contributed by atoms with van der Waals surface area (Å²) < 4.78 is 4.90. The first-order chi connectivity index (χ1) is 7.38. The minimum Gasteiger partial charge on any atom is -0.388 e. The number of hydrogen-bond acceptors (Lipinski definition) is 3. The molecule has 1 N–H and O–H groups in total. The molecule has 2 aromatic rings. The van der Waals surface area contributed by atoms with E-state index in [1.165, 1.54) is 5.56 Å². The maximum absolute atomic E-state index is 8.80. The quantitative estimate of drug-likeness (QED) is 0.826. The first kappa shape index (κ1) is 9.93. The monoisotopic (exact) mass is 203 g/mol. The van der Waals surface area contributed by atoms with Crippen LogP contribution in [0.15, 0.2) is 40.9 Å². The summed E-state index contributed by atoms with van der Waals surface area (Å²) in [5.74, 6) is 0.526. The molecule has 2 rings (SSSR count). The van der Waals surface area contributed by atoms with Gasteiger partial charge in [-0.05, 0) is 18.4 Å². The second-order valence-electron chi connectivity index (χ2n) is 3.43. The Balaban J connectivity index is 1.93. The van der Waals surface area contributed by atoms with E-state index in [-0.39, 0.29) is 6.61 Å². The second-order valence-corrected chi connectivity index (χ2v) is 3.43. The molecule has 0 saturated heterocycles.